The molecule has 0 radical (unpaired) electrons. The fourth-order valence-corrected chi connectivity index (χ4v) is 4.22. The normalized spacial score (nSPS) is 11.0. The lowest BCUT2D eigenvalue weighted by Crippen LogP contribution is -2.05. The fourth-order valence-electron chi connectivity index (χ4n) is 4.22. The minimum atomic E-state index is -0.781. The van der Waals surface area contributed by atoms with Crippen molar-refractivity contribution in [1.29, 1.82) is 0 Å². The third-order valence-corrected chi connectivity index (χ3v) is 6.24. The highest BCUT2D eigenvalue weighted by molar-refractivity contribution is 5.86. The molecule has 0 spiro atoms. The molecule has 0 saturated carbocycles. The van der Waals surface area contributed by atoms with Crippen molar-refractivity contribution in [2.75, 3.05) is 0 Å². The Morgan fingerprint density at radius 3 is 2.30 bits per heavy atom. The van der Waals surface area contributed by atoms with Crippen molar-refractivity contribution in [1.82, 2.24) is 0 Å². The van der Waals surface area contributed by atoms with E-state index in [2.05, 4.69) is 6.58 Å². The summed E-state index contributed by atoms with van der Waals surface area (Å²) in [5, 5.41) is 0.259. The lowest BCUT2D eigenvalue weighted by Gasteiger charge is -2.10. The minimum Gasteiger partial charge on any atom is -0.486 e. The first-order chi connectivity index (χ1) is 18.0. The van der Waals surface area contributed by atoms with Gasteiger partial charge >= 0.3 is 5.63 Å². The molecule has 0 bridgehead atoms. The van der Waals surface area contributed by atoms with Crippen molar-refractivity contribution in [3.05, 3.63) is 137 Å². The van der Waals surface area contributed by atoms with Gasteiger partial charge in [-0.05, 0) is 58.7 Å². The third kappa shape index (κ3) is 5.21. The van der Waals surface area contributed by atoms with E-state index in [1.165, 1.54) is 12.1 Å². The Labute approximate surface area is 213 Å². The van der Waals surface area contributed by atoms with Gasteiger partial charge in [-0.2, -0.15) is 0 Å². The second kappa shape index (κ2) is 10.6. The number of halogens is 2. The molecule has 0 fully saturated rings. The van der Waals surface area contributed by atoms with Crippen LogP contribution >= 0.6 is 0 Å². The van der Waals surface area contributed by atoms with Gasteiger partial charge in [0.25, 0.3) is 0 Å². The summed E-state index contributed by atoms with van der Waals surface area (Å²) >= 11 is 0. The zero-order chi connectivity index (χ0) is 25.8. The van der Waals surface area contributed by atoms with Crippen molar-refractivity contribution < 1.29 is 17.9 Å². The molecule has 0 unspecified atom stereocenters. The molecule has 0 saturated heterocycles. The van der Waals surface area contributed by atoms with Gasteiger partial charge in [-0.1, -0.05) is 78.9 Å². The van der Waals surface area contributed by atoms with Crippen LogP contribution in [0.3, 0.4) is 0 Å². The van der Waals surface area contributed by atoms with Crippen LogP contribution in [0.25, 0.3) is 33.2 Å². The van der Waals surface area contributed by atoms with E-state index in [0.29, 0.717) is 35.1 Å². The van der Waals surface area contributed by atoms with Gasteiger partial charge in [-0.3, -0.25) is 0 Å². The van der Waals surface area contributed by atoms with E-state index in [9.17, 15) is 9.18 Å². The highest BCUT2D eigenvalue weighted by Gasteiger charge is 2.16. The van der Waals surface area contributed by atoms with Gasteiger partial charge in [0.05, 0.1) is 0 Å². The molecule has 1 aromatic heterocycles. The second-order valence-electron chi connectivity index (χ2n) is 8.73. The van der Waals surface area contributed by atoms with E-state index in [1.807, 2.05) is 48.5 Å². The Kier molecular flexibility index (Phi) is 6.95. The predicted molar refractivity (Wildman–Crippen MR) is 143 cm³/mol. The number of ether oxygens (including phenoxy) is 1. The summed E-state index contributed by atoms with van der Waals surface area (Å²) in [5.74, 6) is -0.698. The maximum atomic E-state index is 15.1. The Morgan fingerprint density at radius 2 is 1.57 bits per heavy atom. The van der Waals surface area contributed by atoms with Crippen LogP contribution in [0.1, 0.15) is 17.5 Å². The van der Waals surface area contributed by atoms with Gasteiger partial charge in [0.15, 0.2) is 11.6 Å². The van der Waals surface area contributed by atoms with E-state index in [4.69, 9.17) is 9.15 Å². The quantitative estimate of drug-likeness (QED) is 0.205. The fraction of sp³-hybridized carbons (Fsp3) is 0.0938. The van der Waals surface area contributed by atoms with Crippen LogP contribution < -0.4 is 10.4 Å². The highest BCUT2D eigenvalue weighted by atomic mass is 19.1. The molecule has 3 nitrogen and oxygen atoms in total. The molecule has 0 N–H and O–H groups in total. The van der Waals surface area contributed by atoms with Crippen LogP contribution in [0.2, 0.25) is 0 Å². The molecule has 5 aromatic rings. The largest absolute Gasteiger partial charge is 0.486 e. The summed E-state index contributed by atoms with van der Waals surface area (Å²) in [6.07, 6.45) is 3.09. The Balaban J connectivity index is 1.39. The third-order valence-electron chi connectivity index (χ3n) is 6.24. The average molecular weight is 495 g/mol. The average Bonchev–Trinajstić information content (AvgIpc) is 2.92. The lowest BCUT2D eigenvalue weighted by atomic mass is 9.99. The summed E-state index contributed by atoms with van der Waals surface area (Å²) in [6, 6.07) is 26.6. The van der Waals surface area contributed by atoms with Gasteiger partial charge in [0, 0.05) is 5.56 Å². The van der Waals surface area contributed by atoms with Crippen molar-refractivity contribution in [3.8, 4) is 28.2 Å². The Morgan fingerprint density at radius 1 is 0.838 bits per heavy atom. The van der Waals surface area contributed by atoms with Crippen LogP contribution in [0.5, 0.6) is 5.75 Å². The maximum absolute atomic E-state index is 15.1. The SMILES string of the molecule is C=CCCc1ccc(-c2ccc(-c3cc4ccc(OCc5ccccc5)c(F)c4c(=O)o3)cc2)cc1F. The molecule has 0 atom stereocenters. The molecule has 184 valence electrons. The first-order valence-corrected chi connectivity index (χ1v) is 12.0. The number of fused-ring (bicyclic) bond motifs is 1. The van der Waals surface area contributed by atoms with Crippen molar-refractivity contribution >= 4 is 10.8 Å². The zero-order valence-corrected chi connectivity index (χ0v) is 20.0. The molecule has 4 aromatic carbocycles. The number of hydrogen-bond donors (Lipinski definition) is 0. The first-order valence-electron chi connectivity index (χ1n) is 12.0. The molecular formula is C32H24F2O3. The van der Waals surface area contributed by atoms with E-state index >= 15 is 4.39 Å². The summed E-state index contributed by atoms with van der Waals surface area (Å²) in [4.78, 5) is 12.7. The van der Waals surface area contributed by atoms with Crippen LogP contribution in [0.4, 0.5) is 8.78 Å². The van der Waals surface area contributed by atoms with E-state index in [0.717, 1.165) is 16.7 Å². The van der Waals surface area contributed by atoms with Gasteiger partial charge < -0.3 is 9.15 Å². The Bertz CT molecular complexity index is 1620. The van der Waals surface area contributed by atoms with E-state index in [-0.39, 0.29) is 23.6 Å². The number of allylic oxidation sites excluding steroid dienone is 1. The van der Waals surface area contributed by atoms with Crippen LogP contribution in [-0.2, 0) is 13.0 Å². The lowest BCUT2D eigenvalue weighted by molar-refractivity contribution is 0.291. The molecular weight excluding hydrogens is 470 g/mol. The smallest absolute Gasteiger partial charge is 0.347 e. The highest BCUT2D eigenvalue weighted by Crippen LogP contribution is 2.30. The number of hydrogen-bond acceptors (Lipinski definition) is 3. The molecule has 5 heteroatoms. The second-order valence-corrected chi connectivity index (χ2v) is 8.73. The van der Waals surface area contributed by atoms with E-state index in [1.54, 1.807) is 36.4 Å². The molecule has 1 heterocycles. The van der Waals surface area contributed by atoms with Crippen molar-refractivity contribution in [3.63, 3.8) is 0 Å². The Hall–Kier alpha value is -4.51. The van der Waals surface area contributed by atoms with Gasteiger partial charge in [-0.15, -0.1) is 6.58 Å². The summed E-state index contributed by atoms with van der Waals surface area (Å²) < 4.78 is 40.7. The van der Waals surface area contributed by atoms with Crippen LogP contribution in [-0.4, -0.2) is 0 Å². The summed E-state index contributed by atoms with van der Waals surface area (Å²) in [6.45, 7) is 3.86. The van der Waals surface area contributed by atoms with Crippen LogP contribution in [0, 0.1) is 11.6 Å². The molecule has 5 rings (SSSR count). The van der Waals surface area contributed by atoms with E-state index < -0.39 is 11.4 Å². The summed E-state index contributed by atoms with van der Waals surface area (Å²) in [5.41, 5.74) is 2.98. The maximum Gasteiger partial charge on any atom is 0.347 e. The van der Waals surface area contributed by atoms with Crippen molar-refractivity contribution in [2.24, 2.45) is 0 Å². The minimum absolute atomic E-state index is 0.0106. The molecule has 0 aliphatic rings. The van der Waals surface area contributed by atoms with Crippen LogP contribution in [0.15, 0.2) is 113 Å². The summed E-state index contributed by atoms with van der Waals surface area (Å²) in [7, 11) is 0. The topological polar surface area (TPSA) is 39.4 Å². The number of rotatable bonds is 8. The molecule has 0 amide bonds. The monoisotopic (exact) mass is 494 g/mol. The number of benzene rings is 4. The van der Waals surface area contributed by atoms with Gasteiger partial charge in [0.2, 0.25) is 0 Å². The molecule has 37 heavy (non-hydrogen) atoms. The van der Waals surface area contributed by atoms with Gasteiger partial charge in [0.1, 0.15) is 23.6 Å². The predicted octanol–water partition coefficient (Wildman–Crippen LogP) is 8.10. The molecule has 0 aliphatic heterocycles. The van der Waals surface area contributed by atoms with Crippen molar-refractivity contribution in [2.45, 2.75) is 19.4 Å². The standard InChI is InChI=1S/C32H24F2O3/c1-2-3-9-23-12-15-25(18-27(23)33)22-10-13-24(14-11-22)29-19-26-16-17-28(31(34)30(26)32(35)37-29)36-20-21-7-5-4-6-8-21/h2,4-8,10-19H,1,3,9,20H2. The zero-order valence-electron chi connectivity index (χ0n) is 20.0. The number of aryl methyl sites for hydroxylation is 1. The van der Waals surface area contributed by atoms with Gasteiger partial charge in [-0.25, -0.2) is 13.6 Å². The molecule has 0 aliphatic carbocycles. The first kappa shape index (κ1) is 24.2.